The topological polar surface area (TPSA) is 97.0 Å². The monoisotopic (exact) mass is 415 g/mol. The van der Waals surface area contributed by atoms with Crippen molar-refractivity contribution >= 4 is 23.5 Å². The number of rotatable bonds is 7. The van der Waals surface area contributed by atoms with Gasteiger partial charge in [-0.25, -0.2) is 9.18 Å². The van der Waals surface area contributed by atoms with Crippen molar-refractivity contribution in [3.05, 3.63) is 53.8 Å². The molecule has 0 aliphatic carbocycles. The van der Waals surface area contributed by atoms with E-state index in [1.807, 2.05) is 0 Å². The Morgan fingerprint density at radius 1 is 1.13 bits per heavy atom. The van der Waals surface area contributed by atoms with Gasteiger partial charge in [0.25, 0.3) is 0 Å². The molecular weight excluding hydrogens is 393 g/mol. The molecule has 0 saturated carbocycles. The number of hydrogen-bond acceptors (Lipinski definition) is 5. The van der Waals surface area contributed by atoms with Crippen LogP contribution in [0.1, 0.15) is 24.4 Å². The molecule has 1 atom stereocenters. The maximum absolute atomic E-state index is 13.1. The quantitative estimate of drug-likeness (QED) is 0.725. The van der Waals surface area contributed by atoms with E-state index in [1.165, 1.54) is 38.5 Å². The SMILES string of the molecule is COc1ccc(NC(=O)CCN2C(=O)CC(c3ccc(F)cc3)NC2=O)cc1OC. The number of benzene rings is 2. The Morgan fingerprint density at radius 2 is 1.83 bits per heavy atom. The van der Waals surface area contributed by atoms with Gasteiger partial charge in [0.2, 0.25) is 11.8 Å². The third-order valence-corrected chi connectivity index (χ3v) is 4.72. The lowest BCUT2D eigenvalue weighted by Gasteiger charge is -2.31. The van der Waals surface area contributed by atoms with Crippen molar-refractivity contribution in [1.82, 2.24) is 10.2 Å². The number of nitrogens with one attached hydrogen (secondary N) is 2. The summed E-state index contributed by atoms with van der Waals surface area (Å²) in [6, 6.07) is 9.43. The normalized spacial score (nSPS) is 16.1. The van der Waals surface area contributed by atoms with Crippen molar-refractivity contribution in [1.29, 1.82) is 0 Å². The molecule has 3 rings (SSSR count). The molecular formula is C21H22FN3O5. The number of ether oxygens (including phenoxy) is 2. The van der Waals surface area contributed by atoms with Crippen LogP contribution in [0.3, 0.4) is 0 Å². The smallest absolute Gasteiger partial charge is 0.324 e. The summed E-state index contributed by atoms with van der Waals surface area (Å²) < 4.78 is 23.4. The number of amides is 4. The second-order valence-electron chi connectivity index (χ2n) is 6.67. The van der Waals surface area contributed by atoms with Crippen molar-refractivity contribution in [2.24, 2.45) is 0 Å². The van der Waals surface area contributed by atoms with Gasteiger partial charge in [0.05, 0.1) is 26.7 Å². The third kappa shape index (κ3) is 4.86. The highest BCUT2D eigenvalue weighted by molar-refractivity contribution is 5.98. The fraction of sp³-hybridized carbons (Fsp3) is 0.286. The lowest BCUT2D eigenvalue weighted by molar-refractivity contribution is -0.130. The Labute approximate surface area is 173 Å². The molecule has 1 saturated heterocycles. The van der Waals surface area contributed by atoms with E-state index in [2.05, 4.69) is 10.6 Å². The van der Waals surface area contributed by atoms with Gasteiger partial charge >= 0.3 is 6.03 Å². The summed E-state index contributed by atoms with van der Waals surface area (Å²) >= 11 is 0. The number of halogens is 1. The summed E-state index contributed by atoms with van der Waals surface area (Å²) in [5, 5.41) is 5.41. The molecule has 158 valence electrons. The van der Waals surface area contributed by atoms with Crippen LogP contribution < -0.4 is 20.1 Å². The van der Waals surface area contributed by atoms with Crippen LogP contribution in [0.2, 0.25) is 0 Å². The zero-order chi connectivity index (χ0) is 21.7. The van der Waals surface area contributed by atoms with Gasteiger partial charge in [-0.3, -0.25) is 14.5 Å². The number of hydrogen-bond donors (Lipinski definition) is 2. The molecule has 0 aromatic heterocycles. The maximum Gasteiger partial charge on any atom is 0.324 e. The predicted octanol–water partition coefficient (Wildman–Crippen LogP) is 2.85. The Hall–Kier alpha value is -3.62. The number of anilines is 1. The van der Waals surface area contributed by atoms with Crippen LogP contribution in [0.5, 0.6) is 11.5 Å². The summed E-state index contributed by atoms with van der Waals surface area (Å²) in [5.41, 5.74) is 1.15. The van der Waals surface area contributed by atoms with E-state index in [4.69, 9.17) is 9.47 Å². The highest BCUT2D eigenvalue weighted by Crippen LogP contribution is 2.29. The number of nitrogens with zero attached hydrogens (tertiary/aromatic N) is 1. The molecule has 1 heterocycles. The maximum atomic E-state index is 13.1. The zero-order valence-corrected chi connectivity index (χ0v) is 16.6. The first-order valence-corrected chi connectivity index (χ1v) is 9.29. The van der Waals surface area contributed by atoms with Gasteiger partial charge in [-0.1, -0.05) is 12.1 Å². The molecule has 2 aromatic rings. The van der Waals surface area contributed by atoms with Crippen molar-refractivity contribution in [3.8, 4) is 11.5 Å². The summed E-state index contributed by atoms with van der Waals surface area (Å²) in [6.45, 7) is -0.0556. The molecule has 2 N–H and O–H groups in total. The average molecular weight is 415 g/mol. The van der Waals surface area contributed by atoms with E-state index in [0.29, 0.717) is 22.7 Å². The lowest BCUT2D eigenvalue weighted by atomic mass is 10.0. The highest BCUT2D eigenvalue weighted by Gasteiger charge is 2.32. The number of carbonyl (C=O) groups excluding carboxylic acids is 3. The predicted molar refractivity (Wildman–Crippen MR) is 107 cm³/mol. The molecule has 0 spiro atoms. The van der Waals surface area contributed by atoms with E-state index in [-0.39, 0.29) is 25.3 Å². The molecule has 8 nitrogen and oxygen atoms in total. The minimum absolute atomic E-state index is 0.0364. The van der Waals surface area contributed by atoms with Crippen molar-refractivity contribution in [2.75, 3.05) is 26.1 Å². The lowest BCUT2D eigenvalue weighted by Crippen LogP contribution is -2.51. The number of imide groups is 1. The van der Waals surface area contributed by atoms with Crippen LogP contribution in [0.15, 0.2) is 42.5 Å². The first-order valence-electron chi connectivity index (χ1n) is 9.29. The van der Waals surface area contributed by atoms with Crippen molar-refractivity contribution in [2.45, 2.75) is 18.9 Å². The van der Waals surface area contributed by atoms with E-state index >= 15 is 0 Å². The second-order valence-corrected chi connectivity index (χ2v) is 6.67. The Balaban J connectivity index is 1.55. The van der Waals surface area contributed by atoms with E-state index in [9.17, 15) is 18.8 Å². The molecule has 0 radical (unpaired) electrons. The molecule has 30 heavy (non-hydrogen) atoms. The standard InChI is InChI=1S/C21H22FN3O5/c1-29-17-8-7-15(11-18(17)30-2)23-19(26)9-10-25-20(27)12-16(24-21(25)28)13-3-5-14(22)6-4-13/h3-8,11,16H,9-10,12H2,1-2H3,(H,23,26)(H,24,28). The van der Waals surface area contributed by atoms with Crippen molar-refractivity contribution < 1.29 is 28.2 Å². The highest BCUT2D eigenvalue weighted by atomic mass is 19.1. The van der Waals surface area contributed by atoms with E-state index in [0.717, 1.165) is 4.90 Å². The summed E-state index contributed by atoms with van der Waals surface area (Å²) in [5.74, 6) is -0.153. The Morgan fingerprint density at radius 3 is 2.47 bits per heavy atom. The average Bonchev–Trinajstić information content (AvgIpc) is 2.73. The molecule has 9 heteroatoms. The Kier molecular flexibility index (Phi) is 6.51. The first-order chi connectivity index (χ1) is 14.4. The molecule has 1 fully saturated rings. The van der Waals surface area contributed by atoms with E-state index in [1.54, 1.807) is 18.2 Å². The summed E-state index contributed by atoms with van der Waals surface area (Å²) in [7, 11) is 3.00. The summed E-state index contributed by atoms with van der Waals surface area (Å²) in [4.78, 5) is 38.0. The number of carbonyl (C=O) groups is 3. The van der Waals surface area contributed by atoms with Crippen LogP contribution in [-0.4, -0.2) is 43.5 Å². The largest absolute Gasteiger partial charge is 0.493 e. The minimum atomic E-state index is -0.584. The molecule has 4 amide bonds. The van der Waals surface area contributed by atoms with Crippen LogP contribution in [0.25, 0.3) is 0 Å². The molecule has 2 aromatic carbocycles. The number of methoxy groups -OCH3 is 2. The van der Waals surface area contributed by atoms with Gasteiger partial charge in [-0.2, -0.15) is 0 Å². The molecule has 0 bridgehead atoms. The zero-order valence-electron chi connectivity index (χ0n) is 16.6. The minimum Gasteiger partial charge on any atom is -0.493 e. The van der Waals surface area contributed by atoms with Gasteiger partial charge in [0.1, 0.15) is 5.82 Å². The van der Waals surface area contributed by atoms with Gasteiger partial charge < -0.3 is 20.1 Å². The fourth-order valence-electron chi connectivity index (χ4n) is 3.15. The van der Waals surface area contributed by atoms with Crippen LogP contribution >= 0.6 is 0 Å². The van der Waals surface area contributed by atoms with Gasteiger partial charge in [-0.15, -0.1) is 0 Å². The van der Waals surface area contributed by atoms with Crippen LogP contribution in [-0.2, 0) is 9.59 Å². The molecule has 1 aliphatic rings. The van der Waals surface area contributed by atoms with Gasteiger partial charge in [0.15, 0.2) is 11.5 Å². The van der Waals surface area contributed by atoms with Gasteiger partial charge in [-0.05, 0) is 29.8 Å². The second kappa shape index (κ2) is 9.25. The van der Waals surface area contributed by atoms with E-state index < -0.39 is 23.8 Å². The van der Waals surface area contributed by atoms with Crippen LogP contribution in [0, 0.1) is 5.82 Å². The molecule has 1 aliphatic heterocycles. The van der Waals surface area contributed by atoms with Crippen molar-refractivity contribution in [3.63, 3.8) is 0 Å². The first kappa shape index (κ1) is 21.1. The van der Waals surface area contributed by atoms with Gasteiger partial charge in [0, 0.05) is 24.7 Å². The Bertz CT molecular complexity index is 930. The van der Waals surface area contributed by atoms with Crippen LogP contribution in [0.4, 0.5) is 14.9 Å². The number of urea groups is 1. The summed E-state index contributed by atoms with van der Waals surface area (Å²) in [6.07, 6.45) is -0.0244. The fourth-order valence-corrected chi connectivity index (χ4v) is 3.15. The third-order valence-electron chi connectivity index (χ3n) is 4.72. The molecule has 1 unspecified atom stereocenters.